The standard InChI is InChI=1S/C15H22N6O2/c1-5-11(14-16-8-17-21(14)4)19-13(22)7-10-9(3)18-12(6-2)20-15(10)23/h8,11H,5-7H2,1-4H3,(H,19,22)(H,18,20,23)/t11-/m0/s1. The zero-order valence-corrected chi connectivity index (χ0v) is 13.9. The molecule has 2 aromatic rings. The van der Waals surface area contributed by atoms with E-state index in [0.29, 0.717) is 35.7 Å². The molecule has 0 radical (unpaired) electrons. The van der Waals surface area contributed by atoms with Gasteiger partial charge in [-0.1, -0.05) is 13.8 Å². The molecule has 1 atom stereocenters. The van der Waals surface area contributed by atoms with Crippen LogP contribution < -0.4 is 10.9 Å². The molecule has 0 saturated carbocycles. The van der Waals surface area contributed by atoms with Gasteiger partial charge in [-0.2, -0.15) is 5.10 Å². The van der Waals surface area contributed by atoms with Gasteiger partial charge in [-0.05, 0) is 13.3 Å². The van der Waals surface area contributed by atoms with Gasteiger partial charge in [0.2, 0.25) is 5.91 Å². The van der Waals surface area contributed by atoms with Crippen molar-refractivity contribution in [3.05, 3.63) is 39.6 Å². The minimum absolute atomic E-state index is 0.00743. The summed E-state index contributed by atoms with van der Waals surface area (Å²) >= 11 is 0. The molecule has 2 aromatic heterocycles. The third-order valence-electron chi connectivity index (χ3n) is 3.75. The van der Waals surface area contributed by atoms with Crippen LogP contribution in [0, 0.1) is 6.92 Å². The fraction of sp³-hybridized carbons (Fsp3) is 0.533. The molecule has 2 heterocycles. The fourth-order valence-corrected chi connectivity index (χ4v) is 2.42. The van der Waals surface area contributed by atoms with E-state index in [9.17, 15) is 9.59 Å². The van der Waals surface area contributed by atoms with Gasteiger partial charge in [-0.3, -0.25) is 14.3 Å². The number of hydrogen-bond donors (Lipinski definition) is 2. The lowest BCUT2D eigenvalue weighted by molar-refractivity contribution is -0.121. The molecule has 0 fully saturated rings. The van der Waals surface area contributed by atoms with E-state index in [0.717, 1.165) is 0 Å². The van der Waals surface area contributed by atoms with Gasteiger partial charge in [0.25, 0.3) is 5.56 Å². The lowest BCUT2D eigenvalue weighted by Crippen LogP contribution is -2.33. The molecule has 0 unspecified atom stereocenters. The number of H-pyrrole nitrogens is 1. The molecule has 1 amide bonds. The lowest BCUT2D eigenvalue weighted by Gasteiger charge is -2.16. The average Bonchev–Trinajstić information content (AvgIpc) is 2.94. The monoisotopic (exact) mass is 318 g/mol. The van der Waals surface area contributed by atoms with Gasteiger partial charge < -0.3 is 10.3 Å². The number of hydrogen-bond acceptors (Lipinski definition) is 5. The van der Waals surface area contributed by atoms with Crippen LogP contribution in [0.4, 0.5) is 0 Å². The van der Waals surface area contributed by atoms with Gasteiger partial charge in [-0.25, -0.2) is 9.97 Å². The number of aromatic amines is 1. The Labute approximate surface area is 134 Å². The molecular formula is C15H22N6O2. The topological polar surface area (TPSA) is 106 Å². The molecule has 0 aliphatic carbocycles. The highest BCUT2D eigenvalue weighted by molar-refractivity contribution is 5.79. The van der Waals surface area contributed by atoms with E-state index in [1.54, 1.807) is 18.7 Å². The molecule has 23 heavy (non-hydrogen) atoms. The molecule has 0 bridgehead atoms. The second-order valence-corrected chi connectivity index (χ2v) is 5.38. The minimum Gasteiger partial charge on any atom is -0.346 e. The first kappa shape index (κ1) is 16.9. The van der Waals surface area contributed by atoms with Crippen molar-refractivity contribution in [3.8, 4) is 0 Å². The molecule has 0 saturated heterocycles. The number of rotatable bonds is 6. The van der Waals surface area contributed by atoms with Crippen LogP contribution >= 0.6 is 0 Å². The second kappa shape index (κ2) is 7.17. The van der Waals surface area contributed by atoms with Crippen molar-refractivity contribution < 1.29 is 4.79 Å². The van der Waals surface area contributed by atoms with Crippen LogP contribution in [0.25, 0.3) is 0 Å². The van der Waals surface area contributed by atoms with Gasteiger partial charge in [0.1, 0.15) is 18.0 Å². The molecule has 0 aliphatic heterocycles. The molecule has 0 spiro atoms. The van der Waals surface area contributed by atoms with Crippen LogP contribution in [0.15, 0.2) is 11.1 Å². The SMILES string of the molecule is CCc1nc(C)c(CC(=O)N[C@@H](CC)c2ncnn2C)c(=O)[nH]1. The summed E-state index contributed by atoms with van der Waals surface area (Å²) in [7, 11) is 1.78. The molecule has 8 nitrogen and oxygen atoms in total. The maximum atomic E-state index is 12.3. The Kier molecular flexibility index (Phi) is 5.25. The summed E-state index contributed by atoms with van der Waals surface area (Å²) < 4.78 is 1.63. The van der Waals surface area contributed by atoms with Gasteiger partial charge in [0.05, 0.1) is 12.5 Å². The third-order valence-corrected chi connectivity index (χ3v) is 3.75. The van der Waals surface area contributed by atoms with E-state index in [2.05, 4.69) is 25.4 Å². The van der Waals surface area contributed by atoms with Crippen molar-refractivity contribution in [3.63, 3.8) is 0 Å². The van der Waals surface area contributed by atoms with Gasteiger partial charge >= 0.3 is 0 Å². The van der Waals surface area contributed by atoms with Crippen LogP contribution in [0.1, 0.15) is 49.2 Å². The number of nitrogens with one attached hydrogen (secondary N) is 2. The molecule has 0 aromatic carbocycles. The van der Waals surface area contributed by atoms with E-state index in [1.807, 2.05) is 13.8 Å². The Morgan fingerprint density at radius 1 is 1.43 bits per heavy atom. The van der Waals surface area contributed by atoms with Gasteiger partial charge in [0.15, 0.2) is 0 Å². The fourth-order valence-electron chi connectivity index (χ4n) is 2.42. The molecule has 8 heteroatoms. The summed E-state index contributed by atoms with van der Waals surface area (Å²) in [5.41, 5.74) is 0.733. The summed E-state index contributed by atoms with van der Waals surface area (Å²) in [5, 5.41) is 6.91. The molecule has 2 rings (SSSR count). The molecule has 124 valence electrons. The highest BCUT2D eigenvalue weighted by Crippen LogP contribution is 2.13. The van der Waals surface area contributed by atoms with Crippen molar-refractivity contribution in [2.24, 2.45) is 7.05 Å². The highest BCUT2D eigenvalue weighted by atomic mass is 16.2. The van der Waals surface area contributed by atoms with Crippen molar-refractivity contribution in [2.45, 2.75) is 46.1 Å². The van der Waals surface area contributed by atoms with E-state index in [1.165, 1.54) is 6.33 Å². The van der Waals surface area contributed by atoms with E-state index in [4.69, 9.17) is 0 Å². The average molecular weight is 318 g/mol. The molecule has 2 N–H and O–H groups in total. The Morgan fingerprint density at radius 3 is 2.70 bits per heavy atom. The number of aromatic nitrogens is 5. The lowest BCUT2D eigenvalue weighted by atomic mass is 10.1. The maximum Gasteiger partial charge on any atom is 0.254 e. The summed E-state index contributed by atoms with van der Waals surface area (Å²) in [5.74, 6) is 1.08. The Bertz CT molecular complexity index is 749. The summed E-state index contributed by atoms with van der Waals surface area (Å²) in [6.45, 7) is 5.61. The van der Waals surface area contributed by atoms with Crippen LogP contribution in [-0.4, -0.2) is 30.6 Å². The molecule has 0 aliphatic rings. The van der Waals surface area contributed by atoms with Gasteiger partial charge in [0, 0.05) is 24.7 Å². The number of nitrogens with zero attached hydrogens (tertiary/aromatic N) is 4. The predicted molar refractivity (Wildman–Crippen MR) is 84.9 cm³/mol. The summed E-state index contributed by atoms with van der Waals surface area (Å²) in [6.07, 6.45) is 2.77. The number of aryl methyl sites for hydroxylation is 3. The van der Waals surface area contributed by atoms with Crippen molar-refractivity contribution in [2.75, 3.05) is 0 Å². The van der Waals surface area contributed by atoms with Crippen LogP contribution in [-0.2, 0) is 24.7 Å². The maximum absolute atomic E-state index is 12.3. The van der Waals surface area contributed by atoms with Crippen LogP contribution in [0.5, 0.6) is 0 Å². The minimum atomic E-state index is -0.254. The first-order valence-electron chi connectivity index (χ1n) is 7.68. The zero-order chi connectivity index (χ0) is 17.0. The smallest absolute Gasteiger partial charge is 0.254 e. The highest BCUT2D eigenvalue weighted by Gasteiger charge is 2.19. The Morgan fingerprint density at radius 2 is 2.17 bits per heavy atom. The largest absolute Gasteiger partial charge is 0.346 e. The van der Waals surface area contributed by atoms with Crippen LogP contribution in [0.3, 0.4) is 0 Å². The quantitative estimate of drug-likeness (QED) is 0.810. The van der Waals surface area contributed by atoms with Crippen molar-refractivity contribution in [1.82, 2.24) is 30.0 Å². The summed E-state index contributed by atoms with van der Waals surface area (Å²) in [6, 6.07) is -0.239. The van der Waals surface area contributed by atoms with Gasteiger partial charge in [-0.15, -0.1) is 0 Å². The number of amides is 1. The van der Waals surface area contributed by atoms with E-state index in [-0.39, 0.29) is 23.9 Å². The van der Waals surface area contributed by atoms with E-state index < -0.39 is 0 Å². The Hall–Kier alpha value is -2.51. The van der Waals surface area contributed by atoms with E-state index >= 15 is 0 Å². The Balaban J connectivity index is 2.13. The summed E-state index contributed by atoms with van der Waals surface area (Å²) in [4.78, 5) is 35.6. The van der Waals surface area contributed by atoms with Crippen molar-refractivity contribution >= 4 is 5.91 Å². The number of carbonyl (C=O) groups is 1. The first-order chi connectivity index (χ1) is 11.0. The predicted octanol–water partition coefficient (Wildman–Crippen LogP) is 0.579. The second-order valence-electron chi connectivity index (χ2n) is 5.38. The van der Waals surface area contributed by atoms with Crippen molar-refractivity contribution in [1.29, 1.82) is 0 Å². The first-order valence-corrected chi connectivity index (χ1v) is 7.68. The normalized spacial score (nSPS) is 12.2. The zero-order valence-electron chi connectivity index (χ0n) is 13.9. The molecular weight excluding hydrogens is 296 g/mol. The third kappa shape index (κ3) is 3.82. The van der Waals surface area contributed by atoms with Crippen LogP contribution in [0.2, 0.25) is 0 Å². The number of carbonyl (C=O) groups excluding carboxylic acids is 1.